The number of piperazine rings is 1. The molecule has 3 unspecified atom stereocenters. The van der Waals surface area contributed by atoms with Crippen LogP contribution in [0.4, 0.5) is 13.2 Å². The summed E-state index contributed by atoms with van der Waals surface area (Å²) in [6.07, 6.45) is -4.81. The zero-order chi connectivity index (χ0) is 14.8. The van der Waals surface area contributed by atoms with Gasteiger partial charge >= 0.3 is 6.18 Å². The molecule has 0 radical (unpaired) electrons. The molecule has 110 valence electrons. The van der Waals surface area contributed by atoms with E-state index in [9.17, 15) is 22.8 Å². The number of nitrogens with one attached hydrogen (secondary N) is 1. The van der Waals surface area contributed by atoms with E-state index >= 15 is 0 Å². The predicted octanol–water partition coefficient (Wildman–Crippen LogP) is 1.70. The Bertz CT molecular complexity index is 357. The topological polar surface area (TPSA) is 49.4 Å². The molecule has 7 heteroatoms. The smallest absolute Gasteiger partial charge is 0.343 e. The highest BCUT2D eigenvalue weighted by Gasteiger charge is 2.42. The molecular weight excluding hydrogens is 261 g/mol. The second-order valence-electron chi connectivity index (χ2n) is 4.96. The molecule has 1 N–H and O–H groups in total. The van der Waals surface area contributed by atoms with Gasteiger partial charge in [-0.15, -0.1) is 0 Å². The van der Waals surface area contributed by atoms with Crippen LogP contribution in [0.25, 0.3) is 0 Å². The van der Waals surface area contributed by atoms with Gasteiger partial charge in [0, 0.05) is 6.54 Å². The molecule has 1 saturated heterocycles. The highest BCUT2D eigenvalue weighted by atomic mass is 19.4. The van der Waals surface area contributed by atoms with E-state index in [2.05, 4.69) is 5.32 Å². The Morgan fingerprint density at radius 3 is 2.42 bits per heavy atom. The van der Waals surface area contributed by atoms with Crippen LogP contribution in [0.15, 0.2) is 0 Å². The molecule has 1 fully saturated rings. The van der Waals surface area contributed by atoms with Gasteiger partial charge in [0.05, 0.1) is 6.42 Å². The minimum Gasteiger partial charge on any atom is -0.343 e. The maximum atomic E-state index is 12.3. The van der Waals surface area contributed by atoms with Gasteiger partial charge in [-0.25, -0.2) is 0 Å². The monoisotopic (exact) mass is 280 g/mol. The quantitative estimate of drug-likeness (QED) is 0.852. The number of hydrogen-bond donors (Lipinski definition) is 1. The number of nitrogens with zero attached hydrogens (tertiary/aromatic N) is 1. The van der Waals surface area contributed by atoms with Crippen LogP contribution in [-0.2, 0) is 9.59 Å². The van der Waals surface area contributed by atoms with Crippen molar-refractivity contribution in [3.63, 3.8) is 0 Å². The largest absolute Gasteiger partial charge is 0.390 e. The Morgan fingerprint density at radius 1 is 1.37 bits per heavy atom. The van der Waals surface area contributed by atoms with Crippen LogP contribution in [0.5, 0.6) is 0 Å². The van der Waals surface area contributed by atoms with E-state index in [4.69, 9.17) is 0 Å². The fraction of sp³-hybridized carbons (Fsp3) is 0.833. The Labute approximate surface area is 110 Å². The van der Waals surface area contributed by atoms with Crippen molar-refractivity contribution in [2.45, 2.75) is 51.9 Å². The molecule has 1 heterocycles. The third kappa shape index (κ3) is 3.84. The number of rotatable bonds is 4. The second-order valence-corrected chi connectivity index (χ2v) is 4.96. The summed E-state index contributed by atoms with van der Waals surface area (Å²) < 4.78 is 36.9. The van der Waals surface area contributed by atoms with Gasteiger partial charge in [-0.05, 0) is 12.8 Å². The van der Waals surface area contributed by atoms with Crippen molar-refractivity contribution >= 4 is 11.8 Å². The Hall–Kier alpha value is -1.27. The van der Waals surface area contributed by atoms with Crippen molar-refractivity contribution in [1.29, 1.82) is 0 Å². The molecule has 4 nitrogen and oxygen atoms in total. The molecular formula is C12H19F3N2O2. The van der Waals surface area contributed by atoms with Crippen LogP contribution in [0.2, 0.25) is 0 Å². The number of carbonyl (C=O) groups is 2. The van der Waals surface area contributed by atoms with Crippen molar-refractivity contribution in [3.8, 4) is 0 Å². The van der Waals surface area contributed by atoms with Crippen LogP contribution in [0.3, 0.4) is 0 Å². The van der Waals surface area contributed by atoms with E-state index in [0.29, 0.717) is 6.42 Å². The number of halogens is 3. The van der Waals surface area contributed by atoms with Gasteiger partial charge in [0.15, 0.2) is 0 Å². The van der Waals surface area contributed by atoms with Crippen molar-refractivity contribution in [3.05, 3.63) is 0 Å². The molecule has 0 spiro atoms. The predicted molar refractivity (Wildman–Crippen MR) is 63.2 cm³/mol. The molecule has 0 aromatic carbocycles. The van der Waals surface area contributed by atoms with Gasteiger partial charge in [0.25, 0.3) is 0 Å². The van der Waals surface area contributed by atoms with Crippen LogP contribution in [-0.4, -0.2) is 41.5 Å². The first-order valence-electron chi connectivity index (χ1n) is 6.35. The lowest BCUT2D eigenvalue weighted by Crippen LogP contribution is -2.64. The molecule has 2 amide bonds. The fourth-order valence-corrected chi connectivity index (χ4v) is 2.17. The highest BCUT2D eigenvalue weighted by Crippen LogP contribution is 2.25. The van der Waals surface area contributed by atoms with Crippen molar-refractivity contribution < 1.29 is 22.8 Å². The maximum absolute atomic E-state index is 12.3. The van der Waals surface area contributed by atoms with Crippen molar-refractivity contribution in [2.24, 2.45) is 5.92 Å². The summed E-state index contributed by atoms with van der Waals surface area (Å²) in [5.41, 5.74) is 0. The molecule has 0 aromatic heterocycles. The van der Waals surface area contributed by atoms with Crippen molar-refractivity contribution in [2.75, 3.05) is 6.54 Å². The van der Waals surface area contributed by atoms with Crippen molar-refractivity contribution in [1.82, 2.24) is 10.2 Å². The Kier molecular flexibility index (Phi) is 4.81. The summed E-state index contributed by atoms with van der Waals surface area (Å²) in [7, 11) is 0. The van der Waals surface area contributed by atoms with E-state index in [0.717, 1.165) is 4.90 Å². The molecule has 1 aliphatic rings. The van der Waals surface area contributed by atoms with E-state index in [1.165, 1.54) is 6.92 Å². The number of alkyl halides is 3. The second kappa shape index (κ2) is 5.79. The first kappa shape index (κ1) is 15.8. The standard InChI is InChI=1S/C12H19F3N2O2/c1-4-7(2)9-10(18)16-8(3)11(19)17(9)6-5-12(13,14)15/h7-9H,4-6H2,1-3H3,(H,16,18). The van der Waals surface area contributed by atoms with Gasteiger partial charge in [-0.3, -0.25) is 9.59 Å². The average Bonchev–Trinajstić information content (AvgIpc) is 2.29. The lowest BCUT2D eigenvalue weighted by atomic mass is 9.93. The summed E-state index contributed by atoms with van der Waals surface area (Å²) in [5.74, 6) is -0.998. The maximum Gasteiger partial charge on any atom is 0.390 e. The zero-order valence-corrected chi connectivity index (χ0v) is 11.3. The summed E-state index contributed by atoms with van der Waals surface area (Å²) in [6.45, 7) is 4.61. The van der Waals surface area contributed by atoms with E-state index in [1.54, 1.807) is 6.92 Å². The lowest BCUT2D eigenvalue weighted by Gasteiger charge is -2.40. The first-order valence-corrected chi connectivity index (χ1v) is 6.35. The van der Waals surface area contributed by atoms with Gasteiger partial charge < -0.3 is 10.2 Å². The molecule has 0 bridgehead atoms. The summed E-state index contributed by atoms with van der Waals surface area (Å²) >= 11 is 0. The van der Waals surface area contributed by atoms with Gasteiger partial charge in [0.2, 0.25) is 11.8 Å². The van der Waals surface area contributed by atoms with E-state index < -0.39 is 37.1 Å². The SMILES string of the molecule is CCC(C)C1C(=O)NC(C)C(=O)N1CCC(F)(F)F. The summed E-state index contributed by atoms with van der Waals surface area (Å²) in [6, 6.07) is -1.57. The molecule has 3 atom stereocenters. The van der Waals surface area contributed by atoms with Crippen LogP contribution in [0, 0.1) is 5.92 Å². The third-order valence-electron chi connectivity index (χ3n) is 3.44. The van der Waals surface area contributed by atoms with E-state index in [1.807, 2.05) is 6.92 Å². The van der Waals surface area contributed by atoms with Crippen LogP contribution >= 0.6 is 0 Å². The highest BCUT2D eigenvalue weighted by molar-refractivity contribution is 5.96. The molecule has 0 aliphatic carbocycles. The molecule has 1 aliphatic heterocycles. The Balaban J connectivity index is 2.89. The number of amides is 2. The van der Waals surface area contributed by atoms with Crippen LogP contribution in [0.1, 0.15) is 33.6 Å². The minimum absolute atomic E-state index is 0.176. The number of carbonyl (C=O) groups excluding carboxylic acids is 2. The lowest BCUT2D eigenvalue weighted by molar-refractivity contribution is -0.159. The molecule has 1 rings (SSSR count). The summed E-state index contributed by atoms with van der Waals surface area (Å²) in [5, 5.41) is 2.51. The molecule has 0 aromatic rings. The first-order chi connectivity index (χ1) is 8.67. The Morgan fingerprint density at radius 2 is 1.95 bits per heavy atom. The third-order valence-corrected chi connectivity index (χ3v) is 3.44. The number of hydrogen-bond acceptors (Lipinski definition) is 2. The van der Waals surface area contributed by atoms with Gasteiger partial charge in [0.1, 0.15) is 12.1 Å². The average molecular weight is 280 g/mol. The normalized spacial score (nSPS) is 26.3. The molecule has 0 saturated carbocycles. The van der Waals surface area contributed by atoms with Gasteiger partial charge in [-0.2, -0.15) is 13.2 Å². The minimum atomic E-state index is -4.34. The zero-order valence-electron chi connectivity index (χ0n) is 11.3. The fourth-order valence-electron chi connectivity index (χ4n) is 2.17. The van der Waals surface area contributed by atoms with Gasteiger partial charge in [-0.1, -0.05) is 20.3 Å². The van der Waals surface area contributed by atoms with E-state index in [-0.39, 0.29) is 11.8 Å². The molecule has 19 heavy (non-hydrogen) atoms. The van der Waals surface area contributed by atoms with Crippen LogP contribution < -0.4 is 5.32 Å². The summed E-state index contributed by atoms with van der Waals surface area (Å²) in [4.78, 5) is 24.9.